The highest BCUT2D eigenvalue weighted by atomic mass is 19.2. The Bertz CT molecular complexity index is 742. The molecule has 0 radical (unpaired) electrons. The molecule has 5 heteroatoms. The lowest BCUT2D eigenvalue weighted by atomic mass is 9.75. The summed E-state index contributed by atoms with van der Waals surface area (Å²) in [5, 5.41) is 10.4. The maximum absolute atomic E-state index is 14.2. The average molecular weight is 432 g/mol. The van der Waals surface area contributed by atoms with Crippen LogP contribution in [0, 0.1) is 34.8 Å². The summed E-state index contributed by atoms with van der Waals surface area (Å²) < 4.78 is 27.8. The van der Waals surface area contributed by atoms with Crippen molar-refractivity contribution in [3.05, 3.63) is 35.4 Å². The van der Waals surface area contributed by atoms with Gasteiger partial charge in [-0.2, -0.15) is 5.26 Å². The monoisotopic (exact) mass is 431 g/mol. The number of nitriles is 1. The molecule has 0 aromatic heterocycles. The number of rotatable bonds is 9. The fourth-order valence-corrected chi connectivity index (χ4v) is 5.75. The van der Waals surface area contributed by atoms with Crippen LogP contribution in [-0.4, -0.2) is 48.1 Å². The van der Waals surface area contributed by atoms with Crippen LogP contribution in [0.1, 0.15) is 71.8 Å². The second-order valence-electron chi connectivity index (χ2n) is 10.4. The Morgan fingerprint density at radius 2 is 1.58 bits per heavy atom. The molecule has 172 valence electrons. The first-order chi connectivity index (χ1) is 14.7. The second kappa shape index (κ2) is 10.4. The number of halogens is 2. The van der Waals surface area contributed by atoms with Gasteiger partial charge in [0, 0.05) is 38.3 Å². The van der Waals surface area contributed by atoms with E-state index < -0.39 is 17.0 Å². The van der Waals surface area contributed by atoms with Crippen molar-refractivity contribution in [2.45, 2.75) is 83.7 Å². The number of nitrogens with zero attached hydrogens (tertiary/aromatic N) is 3. The SMILES string of the molecule is CC(C)N(CCC(C#N)(CCN1CC2CCC(CC2)C1)c1ccc(F)c(F)c1)C(C)C. The Labute approximate surface area is 187 Å². The van der Waals surface area contributed by atoms with Crippen LogP contribution in [0.4, 0.5) is 8.78 Å². The normalized spacial score (nSPS) is 23.9. The van der Waals surface area contributed by atoms with Crippen LogP contribution in [0.25, 0.3) is 0 Å². The van der Waals surface area contributed by atoms with Crippen molar-refractivity contribution in [1.29, 1.82) is 5.26 Å². The van der Waals surface area contributed by atoms with Gasteiger partial charge in [0.1, 0.15) is 0 Å². The first-order valence-corrected chi connectivity index (χ1v) is 12.1. The third kappa shape index (κ3) is 5.84. The first kappa shape index (κ1) is 24.1. The van der Waals surface area contributed by atoms with Crippen molar-refractivity contribution >= 4 is 0 Å². The van der Waals surface area contributed by atoms with Crippen LogP contribution in [0.15, 0.2) is 18.2 Å². The molecule has 2 aliphatic heterocycles. The number of hydrogen-bond donors (Lipinski definition) is 0. The number of benzene rings is 1. The van der Waals surface area contributed by atoms with Crippen molar-refractivity contribution in [3.63, 3.8) is 0 Å². The predicted octanol–water partition coefficient (Wildman–Crippen LogP) is 5.75. The minimum absolute atomic E-state index is 0.363. The van der Waals surface area contributed by atoms with E-state index in [1.807, 2.05) is 0 Å². The number of hydrogen-bond acceptors (Lipinski definition) is 3. The maximum Gasteiger partial charge on any atom is 0.159 e. The average Bonchev–Trinajstić information content (AvgIpc) is 3.05. The van der Waals surface area contributed by atoms with Crippen LogP contribution >= 0.6 is 0 Å². The second-order valence-corrected chi connectivity index (χ2v) is 10.4. The summed E-state index contributed by atoms with van der Waals surface area (Å²) in [6, 6.07) is 7.33. The van der Waals surface area contributed by atoms with Gasteiger partial charge in [-0.1, -0.05) is 6.07 Å². The van der Waals surface area contributed by atoms with Gasteiger partial charge in [-0.3, -0.25) is 4.90 Å². The minimum atomic E-state index is -0.866. The van der Waals surface area contributed by atoms with E-state index in [1.165, 1.54) is 37.8 Å². The molecule has 0 spiro atoms. The van der Waals surface area contributed by atoms with Gasteiger partial charge in [0.15, 0.2) is 11.6 Å². The van der Waals surface area contributed by atoms with Crippen LogP contribution in [0.2, 0.25) is 0 Å². The van der Waals surface area contributed by atoms with Gasteiger partial charge in [0.05, 0.1) is 11.5 Å². The largest absolute Gasteiger partial charge is 0.303 e. The molecule has 31 heavy (non-hydrogen) atoms. The molecule has 1 unspecified atom stereocenters. The summed E-state index contributed by atoms with van der Waals surface area (Å²) in [5.74, 6) is -0.174. The fourth-order valence-electron chi connectivity index (χ4n) is 5.75. The Morgan fingerprint density at radius 1 is 1.00 bits per heavy atom. The molecule has 0 N–H and O–H groups in total. The molecular weight excluding hydrogens is 392 g/mol. The zero-order valence-electron chi connectivity index (χ0n) is 19.7. The van der Waals surface area contributed by atoms with Gasteiger partial charge in [-0.15, -0.1) is 0 Å². The van der Waals surface area contributed by atoms with Gasteiger partial charge < -0.3 is 4.90 Å². The summed E-state index contributed by atoms with van der Waals surface area (Å²) in [6.45, 7) is 12.5. The summed E-state index contributed by atoms with van der Waals surface area (Å²) in [7, 11) is 0. The molecule has 2 heterocycles. The Morgan fingerprint density at radius 3 is 2.06 bits per heavy atom. The maximum atomic E-state index is 14.2. The van der Waals surface area contributed by atoms with Gasteiger partial charge in [0.25, 0.3) is 0 Å². The minimum Gasteiger partial charge on any atom is -0.303 e. The molecule has 1 aromatic rings. The lowest BCUT2D eigenvalue weighted by Gasteiger charge is -2.36. The zero-order chi connectivity index (χ0) is 22.6. The summed E-state index contributed by atoms with van der Waals surface area (Å²) >= 11 is 0. The van der Waals surface area contributed by atoms with E-state index in [0.29, 0.717) is 30.5 Å². The quantitative estimate of drug-likeness (QED) is 0.499. The van der Waals surface area contributed by atoms with Crippen molar-refractivity contribution in [2.75, 3.05) is 26.2 Å². The van der Waals surface area contributed by atoms with Gasteiger partial charge in [-0.25, -0.2) is 8.78 Å². The molecule has 3 fully saturated rings. The third-order valence-corrected chi connectivity index (χ3v) is 7.66. The van der Waals surface area contributed by atoms with E-state index in [2.05, 4.69) is 43.6 Å². The molecule has 3 nitrogen and oxygen atoms in total. The van der Waals surface area contributed by atoms with Gasteiger partial charge >= 0.3 is 0 Å². The van der Waals surface area contributed by atoms with Gasteiger partial charge in [0.2, 0.25) is 0 Å². The summed E-state index contributed by atoms with van der Waals surface area (Å²) in [5.41, 5.74) is -0.207. The van der Waals surface area contributed by atoms with Crippen molar-refractivity contribution < 1.29 is 8.78 Å². The van der Waals surface area contributed by atoms with Crippen LogP contribution in [-0.2, 0) is 5.41 Å². The summed E-state index contributed by atoms with van der Waals surface area (Å²) in [6.07, 6.45) is 6.57. The molecule has 0 amide bonds. The standard InChI is InChI=1S/C26H39F2N3/c1-19(2)31(20(3)4)14-12-26(18-29,23-9-10-24(27)25(28)15-23)11-13-30-16-21-5-6-22(17-30)8-7-21/h9-10,15,19-22H,5-8,11-14,16-17H2,1-4H3. The smallest absolute Gasteiger partial charge is 0.159 e. The van der Waals surface area contributed by atoms with Crippen molar-refractivity contribution in [2.24, 2.45) is 11.8 Å². The van der Waals surface area contributed by atoms with E-state index >= 15 is 0 Å². The van der Waals surface area contributed by atoms with E-state index in [1.54, 1.807) is 6.07 Å². The Balaban J connectivity index is 1.82. The molecule has 1 aliphatic carbocycles. The van der Waals surface area contributed by atoms with Crippen LogP contribution in [0.5, 0.6) is 0 Å². The highest BCUT2D eigenvalue weighted by Gasteiger charge is 2.36. The molecular formula is C26H39F2N3. The lowest BCUT2D eigenvalue weighted by Crippen LogP contribution is -2.42. The van der Waals surface area contributed by atoms with Crippen molar-refractivity contribution in [1.82, 2.24) is 9.80 Å². The summed E-state index contributed by atoms with van der Waals surface area (Å²) in [4.78, 5) is 4.90. The molecule has 4 rings (SSSR count). The first-order valence-electron chi connectivity index (χ1n) is 12.1. The Kier molecular flexibility index (Phi) is 8.10. The third-order valence-electron chi connectivity index (χ3n) is 7.66. The topological polar surface area (TPSA) is 30.3 Å². The molecule has 1 saturated carbocycles. The van der Waals surface area contributed by atoms with E-state index in [4.69, 9.17) is 0 Å². The highest BCUT2D eigenvalue weighted by molar-refractivity contribution is 5.33. The van der Waals surface area contributed by atoms with Crippen molar-refractivity contribution in [3.8, 4) is 6.07 Å². The fraction of sp³-hybridized carbons (Fsp3) is 0.731. The molecule has 2 bridgehead atoms. The zero-order valence-corrected chi connectivity index (χ0v) is 19.7. The van der Waals surface area contributed by atoms with E-state index in [0.717, 1.165) is 38.0 Å². The van der Waals surface area contributed by atoms with Gasteiger partial charge in [-0.05, 0) is 95.8 Å². The molecule has 2 saturated heterocycles. The van der Waals surface area contributed by atoms with Crippen LogP contribution in [0.3, 0.4) is 0 Å². The van der Waals surface area contributed by atoms with E-state index in [-0.39, 0.29) is 0 Å². The van der Waals surface area contributed by atoms with E-state index in [9.17, 15) is 14.0 Å². The lowest BCUT2D eigenvalue weighted by molar-refractivity contribution is 0.156. The Hall–Kier alpha value is -1.51. The predicted molar refractivity (Wildman–Crippen MR) is 122 cm³/mol. The molecule has 3 aliphatic rings. The molecule has 1 aromatic carbocycles. The van der Waals surface area contributed by atoms with Crippen LogP contribution < -0.4 is 0 Å². The molecule has 1 atom stereocenters. The highest BCUT2D eigenvalue weighted by Crippen LogP contribution is 2.37. The number of fused-ring (bicyclic) bond motifs is 4.